The summed E-state index contributed by atoms with van der Waals surface area (Å²) in [5.74, 6) is -0.710. The monoisotopic (exact) mass is 375 g/mol. The van der Waals surface area contributed by atoms with E-state index in [1.807, 2.05) is 30.3 Å². The van der Waals surface area contributed by atoms with E-state index in [1.54, 1.807) is 0 Å². The fourth-order valence-electron chi connectivity index (χ4n) is 2.98. The van der Waals surface area contributed by atoms with Crippen LogP contribution in [-0.2, 0) is 20.9 Å². The number of esters is 1. The zero-order valence-corrected chi connectivity index (χ0v) is 15.7. The van der Waals surface area contributed by atoms with Crippen LogP contribution < -0.4 is 16.0 Å². The molecule has 0 unspecified atom stereocenters. The summed E-state index contributed by atoms with van der Waals surface area (Å²) in [5.41, 5.74) is 0.898. The first-order chi connectivity index (χ1) is 13.1. The fourth-order valence-corrected chi connectivity index (χ4v) is 2.98. The molecule has 7 nitrogen and oxygen atoms in total. The third kappa shape index (κ3) is 9.08. The van der Waals surface area contributed by atoms with Crippen LogP contribution in [0.5, 0.6) is 0 Å². The van der Waals surface area contributed by atoms with Crippen molar-refractivity contribution >= 4 is 17.9 Å². The van der Waals surface area contributed by atoms with Crippen LogP contribution in [0.3, 0.4) is 0 Å². The molecule has 3 amide bonds. The average molecular weight is 375 g/mol. The molecule has 0 atom stereocenters. The molecule has 1 aliphatic carbocycles. The van der Waals surface area contributed by atoms with Gasteiger partial charge in [-0.1, -0.05) is 49.6 Å². The van der Waals surface area contributed by atoms with Crippen molar-refractivity contribution in [3.05, 3.63) is 35.9 Å². The fraction of sp³-hybridized carbons (Fsp3) is 0.550. The van der Waals surface area contributed by atoms with Crippen molar-refractivity contribution < 1.29 is 19.1 Å². The number of carbonyl (C=O) groups is 3. The minimum atomic E-state index is -0.475. The first kappa shape index (κ1) is 20.7. The second kappa shape index (κ2) is 11.9. The predicted molar refractivity (Wildman–Crippen MR) is 102 cm³/mol. The Morgan fingerprint density at radius 1 is 1.00 bits per heavy atom. The lowest BCUT2D eigenvalue weighted by molar-refractivity contribution is -0.145. The zero-order chi connectivity index (χ0) is 19.3. The number of ether oxygens (including phenoxy) is 1. The molecule has 1 fully saturated rings. The largest absolute Gasteiger partial charge is 0.460 e. The first-order valence-electron chi connectivity index (χ1n) is 9.64. The molecule has 0 radical (unpaired) electrons. The summed E-state index contributed by atoms with van der Waals surface area (Å²) < 4.78 is 5.09. The first-order valence-corrected chi connectivity index (χ1v) is 9.64. The lowest BCUT2D eigenvalue weighted by Crippen LogP contribution is -2.43. The van der Waals surface area contributed by atoms with Gasteiger partial charge in [0.25, 0.3) is 0 Å². The van der Waals surface area contributed by atoms with Crippen molar-refractivity contribution in [2.75, 3.05) is 13.1 Å². The van der Waals surface area contributed by atoms with E-state index in [1.165, 1.54) is 19.3 Å². The molecule has 3 N–H and O–H groups in total. The molecule has 1 saturated carbocycles. The minimum Gasteiger partial charge on any atom is -0.460 e. The van der Waals surface area contributed by atoms with Crippen molar-refractivity contribution in [2.24, 2.45) is 0 Å². The molecule has 27 heavy (non-hydrogen) atoms. The summed E-state index contributed by atoms with van der Waals surface area (Å²) in [6.07, 6.45) is 6.41. The summed E-state index contributed by atoms with van der Waals surface area (Å²) in [7, 11) is 0. The summed E-state index contributed by atoms with van der Waals surface area (Å²) in [6.45, 7) is 0.460. The number of rotatable bonds is 9. The minimum absolute atomic E-state index is 0.152. The maximum absolute atomic E-state index is 11.8. The van der Waals surface area contributed by atoms with Crippen LogP contribution in [0.4, 0.5) is 4.79 Å². The second-order valence-corrected chi connectivity index (χ2v) is 6.76. The van der Waals surface area contributed by atoms with Gasteiger partial charge in [0.2, 0.25) is 5.91 Å². The Labute approximate surface area is 160 Å². The molecule has 1 aliphatic rings. The molecular weight excluding hydrogens is 346 g/mol. The van der Waals surface area contributed by atoms with Crippen LogP contribution in [0.2, 0.25) is 0 Å². The van der Waals surface area contributed by atoms with Crippen LogP contribution in [0.1, 0.15) is 50.5 Å². The highest BCUT2D eigenvalue weighted by molar-refractivity contribution is 5.81. The molecule has 0 saturated heterocycles. The highest BCUT2D eigenvalue weighted by atomic mass is 16.5. The number of urea groups is 1. The Morgan fingerprint density at radius 2 is 1.74 bits per heavy atom. The highest BCUT2D eigenvalue weighted by Gasteiger charge is 2.15. The van der Waals surface area contributed by atoms with Crippen LogP contribution in [-0.4, -0.2) is 37.0 Å². The maximum Gasteiger partial charge on any atom is 0.325 e. The summed E-state index contributed by atoms with van der Waals surface area (Å²) >= 11 is 0. The quantitative estimate of drug-likeness (QED) is 0.456. The third-order valence-electron chi connectivity index (χ3n) is 4.48. The summed E-state index contributed by atoms with van der Waals surface area (Å²) in [5, 5.41) is 8.26. The molecule has 7 heteroatoms. The van der Waals surface area contributed by atoms with Gasteiger partial charge < -0.3 is 20.7 Å². The van der Waals surface area contributed by atoms with Gasteiger partial charge in [0, 0.05) is 19.0 Å². The van der Waals surface area contributed by atoms with Gasteiger partial charge in [-0.2, -0.15) is 0 Å². The summed E-state index contributed by atoms with van der Waals surface area (Å²) in [6, 6.07) is 9.45. The van der Waals surface area contributed by atoms with E-state index in [4.69, 9.17) is 4.74 Å². The van der Waals surface area contributed by atoms with Crippen molar-refractivity contribution in [2.45, 2.75) is 57.6 Å². The predicted octanol–water partition coefficient (Wildman–Crippen LogP) is 2.26. The van der Waals surface area contributed by atoms with Crippen LogP contribution in [0, 0.1) is 0 Å². The van der Waals surface area contributed by atoms with Gasteiger partial charge in [0.15, 0.2) is 0 Å². The number of hydrogen-bond donors (Lipinski definition) is 3. The van der Waals surface area contributed by atoms with Gasteiger partial charge in [-0.15, -0.1) is 0 Å². The topological polar surface area (TPSA) is 96.5 Å². The van der Waals surface area contributed by atoms with E-state index in [0.29, 0.717) is 13.0 Å². The van der Waals surface area contributed by atoms with Crippen molar-refractivity contribution in [3.63, 3.8) is 0 Å². The van der Waals surface area contributed by atoms with E-state index in [-0.39, 0.29) is 37.6 Å². The van der Waals surface area contributed by atoms with Crippen molar-refractivity contribution in [1.82, 2.24) is 16.0 Å². The molecule has 0 spiro atoms. The Kier molecular flexibility index (Phi) is 9.17. The van der Waals surface area contributed by atoms with Gasteiger partial charge in [0.05, 0.1) is 0 Å². The number of amides is 3. The molecule has 0 aliphatic heterocycles. The van der Waals surface area contributed by atoms with Crippen LogP contribution >= 0.6 is 0 Å². The number of hydrogen-bond acceptors (Lipinski definition) is 4. The summed E-state index contributed by atoms with van der Waals surface area (Å²) in [4.78, 5) is 35.1. The van der Waals surface area contributed by atoms with E-state index in [2.05, 4.69) is 16.0 Å². The molecule has 1 aromatic carbocycles. The molecule has 0 aromatic heterocycles. The molecule has 1 aromatic rings. The highest BCUT2D eigenvalue weighted by Crippen LogP contribution is 2.17. The lowest BCUT2D eigenvalue weighted by Gasteiger charge is -2.22. The molecular formula is C20H29N3O4. The molecule has 0 bridgehead atoms. The number of nitrogens with one attached hydrogen (secondary N) is 3. The van der Waals surface area contributed by atoms with Crippen LogP contribution in [0.25, 0.3) is 0 Å². The van der Waals surface area contributed by atoms with E-state index in [0.717, 1.165) is 18.4 Å². The zero-order valence-electron chi connectivity index (χ0n) is 15.7. The lowest BCUT2D eigenvalue weighted by atomic mass is 9.96. The van der Waals surface area contributed by atoms with Gasteiger partial charge in [-0.25, -0.2) is 4.79 Å². The van der Waals surface area contributed by atoms with E-state index >= 15 is 0 Å². The van der Waals surface area contributed by atoms with Gasteiger partial charge in [-0.3, -0.25) is 9.59 Å². The Morgan fingerprint density at radius 3 is 2.48 bits per heavy atom. The number of carbonyl (C=O) groups excluding carboxylic acids is 3. The SMILES string of the molecule is O=C(CCCNC(=O)NC1CCCCC1)NCC(=O)OCc1ccccc1. The van der Waals surface area contributed by atoms with Crippen molar-refractivity contribution in [3.8, 4) is 0 Å². The smallest absolute Gasteiger partial charge is 0.325 e. The van der Waals surface area contributed by atoms with Gasteiger partial charge in [-0.05, 0) is 24.8 Å². The Balaban J connectivity index is 1.48. The number of benzene rings is 1. The van der Waals surface area contributed by atoms with E-state index < -0.39 is 5.97 Å². The van der Waals surface area contributed by atoms with E-state index in [9.17, 15) is 14.4 Å². The average Bonchev–Trinajstić information content (AvgIpc) is 2.69. The van der Waals surface area contributed by atoms with Gasteiger partial charge in [0.1, 0.15) is 13.2 Å². The Bertz CT molecular complexity index is 601. The normalized spacial score (nSPS) is 14.2. The molecule has 2 rings (SSSR count). The Hall–Kier alpha value is -2.57. The standard InChI is InChI=1S/C20H29N3O4/c24-18(22-14-19(25)27-15-16-8-3-1-4-9-16)12-7-13-21-20(26)23-17-10-5-2-6-11-17/h1,3-4,8-9,17H,2,5-7,10-15H2,(H,22,24)(H2,21,23,26). The second-order valence-electron chi connectivity index (χ2n) is 6.76. The van der Waals surface area contributed by atoms with Gasteiger partial charge >= 0.3 is 12.0 Å². The van der Waals surface area contributed by atoms with Crippen molar-refractivity contribution in [1.29, 1.82) is 0 Å². The molecule has 148 valence electrons. The third-order valence-corrected chi connectivity index (χ3v) is 4.48. The maximum atomic E-state index is 11.8. The van der Waals surface area contributed by atoms with Crippen LogP contribution in [0.15, 0.2) is 30.3 Å². The molecule has 0 heterocycles.